The van der Waals surface area contributed by atoms with Crippen LogP contribution in [-0.2, 0) is 6.42 Å². The molecule has 0 aliphatic rings. The van der Waals surface area contributed by atoms with Crippen molar-refractivity contribution in [2.75, 3.05) is 5.32 Å². The van der Waals surface area contributed by atoms with Crippen LogP contribution in [0.25, 0.3) is 5.78 Å². The second-order valence-corrected chi connectivity index (χ2v) is 4.84. The third kappa shape index (κ3) is 2.11. The first-order valence-electron chi connectivity index (χ1n) is 6.72. The van der Waals surface area contributed by atoms with E-state index in [4.69, 9.17) is 0 Å². The largest absolute Gasteiger partial charge is 0.340 e. The third-order valence-corrected chi connectivity index (χ3v) is 3.37. The van der Waals surface area contributed by atoms with Crippen molar-refractivity contribution in [3.05, 3.63) is 47.4 Å². The average molecular weight is 267 g/mol. The summed E-state index contributed by atoms with van der Waals surface area (Å²) >= 11 is 0. The Labute approximate surface area is 117 Å². The first-order valence-corrected chi connectivity index (χ1v) is 6.72. The summed E-state index contributed by atoms with van der Waals surface area (Å²) in [6.07, 6.45) is 2.50. The predicted molar refractivity (Wildman–Crippen MR) is 79.4 cm³/mol. The number of hydrogen-bond donors (Lipinski definition) is 1. The van der Waals surface area contributed by atoms with Crippen LogP contribution < -0.4 is 5.32 Å². The number of hydrogen-bond acceptors (Lipinski definition) is 4. The number of para-hydroxylation sites is 1. The highest BCUT2D eigenvalue weighted by molar-refractivity contribution is 5.66. The van der Waals surface area contributed by atoms with E-state index in [0.29, 0.717) is 5.78 Å². The lowest BCUT2D eigenvalue weighted by Crippen LogP contribution is -2.05. The van der Waals surface area contributed by atoms with E-state index in [-0.39, 0.29) is 0 Å². The minimum Gasteiger partial charge on any atom is -0.340 e. The van der Waals surface area contributed by atoms with Gasteiger partial charge >= 0.3 is 0 Å². The zero-order valence-corrected chi connectivity index (χ0v) is 11.9. The summed E-state index contributed by atoms with van der Waals surface area (Å²) in [4.78, 5) is 8.50. The van der Waals surface area contributed by atoms with E-state index in [2.05, 4.69) is 52.4 Å². The van der Waals surface area contributed by atoms with Gasteiger partial charge < -0.3 is 5.32 Å². The number of anilines is 2. The van der Waals surface area contributed by atoms with E-state index in [9.17, 15) is 0 Å². The van der Waals surface area contributed by atoms with Gasteiger partial charge in [-0.25, -0.2) is 4.98 Å². The Morgan fingerprint density at radius 2 is 2.10 bits per heavy atom. The summed E-state index contributed by atoms with van der Waals surface area (Å²) in [6, 6.07) is 8.31. The van der Waals surface area contributed by atoms with Crippen LogP contribution in [0.1, 0.15) is 23.7 Å². The second kappa shape index (κ2) is 4.92. The van der Waals surface area contributed by atoms with Gasteiger partial charge in [0.2, 0.25) is 0 Å². The van der Waals surface area contributed by atoms with Gasteiger partial charge in [0.15, 0.2) is 0 Å². The normalized spacial score (nSPS) is 10.9. The molecule has 0 fully saturated rings. The standard InChI is InChI=1S/C15H17N5/c1-4-12-7-5-6-10(2)14(12)19-13-8-11(3)18-15-16-9-17-20(13)15/h5-9,19H,4H2,1-3H3. The van der Waals surface area contributed by atoms with Crippen molar-refractivity contribution in [3.8, 4) is 0 Å². The Morgan fingerprint density at radius 1 is 1.25 bits per heavy atom. The Morgan fingerprint density at radius 3 is 2.90 bits per heavy atom. The van der Waals surface area contributed by atoms with Crippen molar-refractivity contribution in [1.29, 1.82) is 0 Å². The van der Waals surface area contributed by atoms with Crippen LogP contribution >= 0.6 is 0 Å². The lowest BCUT2D eigenvalue weighted by atomic mass is 10.1. The van der Waals surface area contributed by atoms with E-state index in [1.807, 2.05) is 13.0 Å². The molecule has 102 valence electrons. The van der Waals surface area contributed by atoms with Crippen molar-refractivity contribution >= 4 is 17.3 Å². The van der Waals surface area contributed by atoms with Gasteiger partial charge in [-0.2, -0.15) is 14.6 Å². The topological polar surface area (TPSA) is 55.1 Å². The molecule has 0 aliphatic heterocycles. The van der Waals surface area contributed by atoms with E-state index in [1.54, 1.807) is 4.52 Å². The maximum Gasteiger partial charge on any atom is 0.254 e. The molecule has 3 rings (SSSR count). The highest BCUT2D eigenvalue weighted by Gasteiger charge is 2.09. The first-order chi connectivity index (χ1) is 9.69. The van der Waals surface area contributed by atoms with Gasteiger partial charge in [-0.3, -0.25) is 0 Å². The average Bonchev–Trinajstić information content (AvgIpc) is 2.89. The number of nitrogens with one attached hydrogen (secondary N) is 1. The van der Waals surface area contributed by atoms with Gasteiger partial charge in [0, 0.05) is 17.4 Å². The molecule has 5 nitrogen and oxygen atoms in total. The molecular weight excluding hydrogens is 250 g/mol. The molecule has 0 saturated carbocycles. The Bertz CT molecular complexity index is 760. The van der Waals surface area contributed by atoms with E-state index >= 15 is 0 Å². The molecule has 0 saturated heterocycles. The second-order valence-electron chi connectivity index (χ2n) is 4.84. The Hall–Kier alpha value is -2.43. The van der Waals surface area contributed by atoms with Crippen LogP contribution in [0.3, 0.4) is 0 Å². The summed E-state index contributed by atoms with van der Waals surface area (Å²) < 4.78 is 1.72. The van der Waals surface area contributed by atoms with Gasteiger partial charge in [-0.05, 0) is 31.4 Å². The number of fused-ring (bicyclic) bond motifs is 1. The Kier molecular flexibility index (Phi) is 3.10. The molecule has 0 amide bonds. The minimum atomic E-state index is 0.610. The Balaban J connectivity index is 2.12. The number of nitrogens with zero attached hydrogens (tertiary/aromatic N) is 4. The van der Waals surface area contributed by atoms with Crippen molar-refractivity contribution in [1.82, 2.24) is 19.6 Å². The smallest absolute Gasteiger partial charge is 0.254 e. The van der Waals surface area contributed by atoms with Crippen molar-refractivity contribution in [3.63, 3.8) is 0 Å². The fraction of sp³-hybridized carbons (Fsp3) is 0.267. The summed E-state index contributed by atoms with van der Waals surface area (Å²) in [5.41, 5.74) is 4.55. The number of aromatic nitrogens is 4. The molecule has 1 aromatic carbocycles. The van der Waals surface area contributed by atoms with E-state index in [0.717, 1.165) is 23.6 Å². The minimum absolute atomic E-state index is 0.610. The quantitative estimate of drug-likeness (QED) is 0.792. The lowest BCUT2D eigenvalue weighted by Gasteiger charge is -2.14. The molecule has 0 aliphatic carbocycles. The fourth-order valence-electron chi connectivity index (χ4n) is 2.35. The van der Waals surface area contributed by atoms with Crippen LogP contribution in [0.2, 0.25) is 0 Å². The van der Waals surface area contributed by atoms with Crippen molar-refractivity contribution in [2.45, 2.75) is 27.2 Å². The van der Waals surface area contributed by atoms with Crippen LogP contribution in [0.5, 0.6) is 0 Å². The number of aryl methyl sites for hydroxylation is 3. The van der Waals surface area contributed by atoms with E-state index in [1.165, 1.54) is 17.5 Å². The summed E-state index contributed by atoms with van der Waals surface area (Å²) in [5.74, 6) is 1.49. The van der Waals surface area contributed by atoms with Gasteiger partial charge in [0.05, 0.1) is 0 Å². The highest BCUT2D eigenvalue weighted by atomic mass is 15.3. The molecular formula is C15H17N5. The van der Waals surface area contributed by atoms with Crippen molar-refractivity contribution in [2.24, 2.45) is 0 Å². The highest BCUT2D eigenvalue weighted by Crippen LogP contribution is 2.25. The molecule has 20 heavy (non-hydrogen) atoms. The van der Waals surface area contributed by atoms with Gasteiger partial charge in [0.1, 0.15) is 12.1 Å². The van der Waals surface area contributed by atoms with Crippen LogP contribution in [0.4, 0.5) is 11.5 Å². The summed E-state index contributed by atoms with van der Waals surface area (Å²) in [6.45, 7) is 6.22. The molecule has 3 aromatic rings. The number of benzene rings is 1. The third-order valence-electron chi connectivity index (χ3n) is 3.37. The molecule has 1 N–H and O–H groups in total. The lowest BCUT2D eigenvalue weighted by molar-refractivity contribution is 0.935. The van der Waals surface area contributed by atoms with Gasteiger partial charge in [-0.1, -0.05) is 25.1 Å². The monoisotopic (exact) mass is 267 g/mol. The summed E-state index contributed by atoms with van der Waals surface area (Å²) in [7, 11) is 0. The zero-order chi connectivity index (χ0) is 14.1. The maximum absolute atomic E-state index is 4.35. The van der Waals surface area contributed by atoms with Crippen LogP contribution in [0, 0.1) is 13.8 Å². The maximum atomic E-state index is 4.35. The summed E-state index contributed by atoms with van der Waals surface area (Å²) in [5, 5.41) is 7.70. The first kappa shape index (κ1) is 12.6. The zero-order valence-electron chi connectivity index (χ0n) is 11.9. The molecule has 0 spiro atoms. The molecule has 2 heterocycles. The van der Waals surface area contributed by atoms with Crippen LogP contribution in [0.15, 0.2) is 30.6 Å². The van der Waals surface area contributed by atoms with Gasteiger partial charge in [0.25, 0.3) is 5.78 Å². The SMILES string of the molecule is CCc1cccc(C)c1Nc1cc(C)nc2ncnn12. The predicted octanol–water partition coefficient (Wildman–Crippen LogP) is 3.05. The molecule has 5 heteroatoms. The van der Waals surface area contributed by atoms with E-state index < -0.39 is 0 Å². The molecule has 0 radical (unpaired) electrons. The molecule has 0 unspecified atom stereocenters. The van der Waals surface area contributed by atoms with Crippen molar-refractivity contribution < 1.29 is 0 Å². The number of rotatable bonds is 3. The fourth-order valence-corrected chi connectivity index (χ4v) is 2.35. The van der Waals surface area contributed by atoms with Crippen LogP contribution in [-0.4, -0.2) is 19.6 Å². The molecule has 2 aromatic heterocycles. The van der Waals surface area contributed by atoms with Gasteiger partial charge in [-0.15, -0.1) is 0 Å². The molecule has 0 bridgehead atoms. The molecule has 0 atom stereocenters.